The van der Waals surface area contributed by atoms with Gasteiger partial charge in [-0.2, -0.15) is 0 Å². The molecule has 1 amide bonds. The normalized spacial score (nSPS) is 16.6. The molecule has 8 nitrogen and oxygen atoms in total. The van der Waals surface area contributed by atoms with Crippen LogP contribution in [0.2, 0.25) is 0 Å². The Labute approximate surface area is 219 Å². The number of amides is 1. The summed E-state index contributed by atoms with van der Waals surface area (Å²) < 4.78 is 17.1. The van der Waals surface area contributed by atoms with E-state index in [1.807, 2.05) is 13.8 Å². The molecule has 1 aliphatic heterocycles. The molecule has 37 heavy (non-hydrogen) atoms. The molecule has 9 heteroatoms. The van der Waals surface area contributed by atoms with Crippen LogP contribution in [0, 0.1) is 0 Å². The van der Waals surface area contributed by atoms with Gasteiger partial charge in [0, 0.05) is 17.1 Å². The summed E-state index contributed by atoms with van der Waals surface area (Å²) in [5.74, 6) is -0.254. The highest BCUT2D eigenvalue weighted by Gasteiger charge is 2.48. The maximum absolute atomic E-state index is 13.3. The summed E-state index contributed by atoms with van der Waals surface area (Å²) in [4.78, 5) is 32.1. The minimum Gasteiger partial charge on any atom is -0.507 e. The van der Waals surface area contributed by atoms with Gasteiger partial charge in [-0.25, -0.2) is 4.98 Å². The van der Waals surface area contributed by atoms with Crippen LogP contribution in [-0.4, -0.2) is 41.6 Å². The standard InChI is InChI=1S/C28H28N2O6S/c1-4-14-35-20-10-7-18(8-11-20)25(31)23-24(30(27(33)26(23)32)28-29-13-16-37-28)19-9-12-21(36-15-5-2)22(17-19)34-6-3/h5,7-13,16-17,24,31H,2,4,6,14-15H2,1,3H3/b25-23+. The topological polar surface area (TPSA) is 98.2 Å². The number of aromatic nitrogens is 1. The molecule has 0 radical (unpaired) electrons. The average Bonchev–Trinajstić information content (AvgIpc) is 3.53. The van der Waals surface area contributed by atoms with Gasteiger partial charge in [0.1, 0.15) is 18.1 Å². The lowest BCUT2D eigenvalue weighted by molar-refractivity contribution is -0.132. The molecular weight excluding hydrogens is 492 g/mol. The molecule has 1 fully saturated rings. The summed E-state index contributed by atoms with van der Waals surface area (Å²) in [5.41, 5.74) is 0.917. The lowest BCUT2D eigenvalue weighted by Gasteiger charge is -2.24. The van der Waals surface area contributed by atoms with Crippen LogP contribution in [0.3, 0.4) is 0 Å². The molecule has 1 aromatic heterocycles. The van der Waals surface area contributed by atoms with Crippen molar-refractivity contribution in [3.05, 3.63) is 83.4 Å². The fourth-order valence-electron chi connectivity index (χ4n) is 4.00. The van der Waals surface area contributed by atoms with E-state index in [4.69, 9.17) is 14.2 Å². The highest BCUT2D eigenvalue weighted by Crippen LogP contribution is 2.44. The molecule has 1 atom stereocenters. The summed E-state index contributed by atoms with van der Waals surface area (Å²) >= 11 is 1.23. The van der Waals surface area contributed by atoms with Gasteiger partial charge in [-0.3, -0.25) is 14.5 Å². The molecule has 192 valence electrons. The van der Waals surface area contributed by atoms with Crippen LogP contribution in [0.15, 0.2) is 72.3 Å². The second kappa shape index (κ2) is 11.7. The molecule has 1 N–H and O–H groups in total. The van der Waals surface area contributed by atoms with Crippen molar-refractivity contribution in [2.75, 3.05) is 24.7 Å². The van der Waals surface area contributed by atoms with E-state index in [9.17, 15) is 14.7 Å². The zero-order valence-corrected chi connectivity index (χ0v) is 21.5. The summed E-state index contributed by atoms with van der Waals surface area (Å²) in [7, 11) is 0. The highest BCUT2D eigenvalue weighted by atomic mass is 32.1. The first kappa shape index (κ1) is 26.0. The van der Waals surface area contributed by atoms with Crippen molar-refractivity contribution in [2.45, 2.75) is 26.3 Å². The quantitative estimate of drug-likeness (QED) is 0.154. The van der Waals surface area contributed by atoms with Gasteiger partial charge in [-0.15, -0.1) is 11.3 Å². The smallest absolute Gasteiger partial charge is 0.301 e. The van der Waals surface area contributed by atoms with Gasteiger partial charge >= 0.3 is 5.91 Å². The number of rotatable bonds is 11. The minimum atomic E-state index is -0.921. The predicted octanol–water partition coefficient (Wildman–Crippen LogP) is 5.52. The number of Topliss-reactive ketones (excluding diaryl/α,β-unsaturated/α-hetero) is 1. The third kappa shape index (κ3) is 5.36. The van der Waals surface area contributed by atoms with Crippen LogP contribution in [-0.2, 0) is 9.59 Å². The molecule has 3 aromatic rings. The minimum absolute atomic E-state index is 0.0374. The van der Waals surface area contributed by atoms with Crippen molar-refractivity contribution in [3.63, 3.8) is 0 Å². The van der Waals surface area contributed by atoms with E-state index in [2.05, 4.69) is 11.6 Å². The van der Waals surface area contributed by atoms with Crippen molar-refractivity contribution in [1.29, 1.82) is 0 Å². The van der Waals surface area contributed by atoms with E-state index < -0.39 is 17.7 Å². The monoisotopic (exact) mass is 520 g/mol. The van der Waals surface area contributed by atoms with Crippen LogP contribution in [0.1, 0.15) is 37.4 Å². The molecule has 1 aliphatic rings. The van der Waals surface area contributed by atoms with Crippen LogP contribution in [0.4, 0.5) is 5.13 Å². The highest BCUT2D eigenvalue weighted by molar-refractivity contribution is 7.14. The lowest BCUT2D eigenvalue weighted by Crippen LogP contribution is -2.29. The number of benzene rings is 2. The van der Waals surface area contributed by atoms with Gasteiger partial charge in [0.05, 0.1) is 24.8 Å². The number of carbonyl (C=O) groups excluding carboxylic acids is 2. The fraction of sp³-hybridized carbons (Fsp3) is 0.250. The second-order valence-electron chi connectivity index (χ2n) is 8.10. The number of aliphatic hydroxyl groups is 1. The molecule has 2 aromatic carbocycles. The number of carbonyl (C=O) groups is 2. The number of ketones is 1. The Bertz CT molecular complexity index is 1300. The van der Waals surface area contributed by atoms with Crippen LogP contribution in [0.25, 0.3) is 5.76 Å². The van der Waals surface area contributed by atoms with Gasteiger partial charge < -0.3 is 19.3 Å². The lowest BCUT2D eigenvalue weighted by atomic mass is 9.95. The molecule has 0 saturated carbocycles. The van der Waals surface area contributed by atoms with E-state index in [-0.39, 0.29) is 17.9 Å². The average molecular weight is 521 g/mol. The third-order valence-electron chi connectivity index (χ3n) is 5.61. The van der Waals surface area contributed by atoms with E-state index in [1.54, 1.807) is 60.1 Å². The molecule has 2 heterocycles. The predicted molar refractivity (Wildman–Crippen MR) is 142 cm³/mol. The van der Waals surface area contributed by atoms with E-state index in [0.717, 1.165) is 6.42 Å². The Morgan fingerprint density at radius 3 is 2.54 bits per heavy atom. The first-order valence-electron chi connectivity index (χ1n) is 11.9. The number of nitrogens with zero attached hydrogens (tertiary/aromatic N) is 2. The maximum Gasteiger partial charge on any atom is 0.301 e. The fourth-order valence-corrected chi connectivity index (χ4v) is 4.66. The molecule has 0 aliphatic carbocycles. The van der Waals surface area contributed by atoms with Crippen LogP contribution in [0.5, 0.6) is 17.2 Å². The van der Waals surface area contributed by atoms with Gasteiger partial charge in [-0.05, 0) is 55.3 Å². The molecule has 0 spiro atoms. The number of aliphatic hydroxyl groups excluding tert-OH is 1. The molecule has 4 rings (SSSR count). The van der Waals surface area contributed by atoms with Crippen molar-refractivity contribution < 1.29 is 28.9 Å². The number of hydrogen-bond acceptors (Lipinski definition) is 8. The number of ether oxygens (including phenoxy) is 3. The molecule has 0 bridgehead atoms. The largest absolute Gasteiger partial charge is 0.507 e. The van der Waals surface area contributed by atoms with E-state index in [1.165, 1.54) is 16.2 Å². The zero-order chi connectivity index (χ0) is 26.4. The van der Waals surface area contributed by atoms with Gasteiger partial charge in [0.15, 0.2) is 16.6 Å². The Morgan fingerprint density at radius 2 is 1.89 bits per heavy atom. The number of thiazole rings is 1. The van der Waals surface area contributed by atoms with Gasteiger partial charge in [0.25, 0.3) is 5.78 Å². The molecule has 1 saturated heterocycles. The molecule has 1 unspecified atom stereocenters. The first-order valence-corrected chi connectivity index (χ1v) is 12.8. The maximum atomic E-state index is 13.3. The Balaban J connectivity index is 1.84. The van der Waals surface area contributed by atoms with Gasteiger partial charge in [-0.1, -0.05) is 25.6 Å². The second-order valence-corrected chi connectivity index (χ2v) is 8.97. The Kier molecular flexibility index (Phi) is 8.25. The number of anilines is 1. The summed E-state index contributed by atoms with van der Waals surface area (Å²) in [6.45, 7) is 8.76. The van der Waals surface area contributed by atoms with Gasteiger partial charge in [0.2, 0.25) is 0 Å². The summed E-state index contributed by atoms with van der Waals surface area (Å²) in [5, 5.41) is 13.4. The summed E-state index contributed by atoms with van der Waals surface area (Å²) in [6.07, 6.45) is 4.05. The van der Waals surface area contributed by atoms with E-state index >= 15 is 0 Å². The van der Waals surface area contributed by atoms with Crippen molar-refractivity contribution in [3.8, 4) is 17.2 Å². The first-order chi connectivity index (χ1) is 18.0. The molecular formula is C28H28N2O6S. The Hall–Kier alpha value is -4.11. The van der Waals surface area contributed by atoms with Crippen LogP contribution >= 0.6 is 11.3 Å². The zero-order valence-electron chi connectivity index (χ0n) is 20.7. The third-order valence-corrected chi connectivity index (χ3v) is 6.38. The Morgan fingerprint density at radius 1 is 1.11 bits per heavy atom. The van der Waals surface area contributed by atoms with Crippen molar-refractivity contribution in [2.24, 2.45) is 0 Å². The number of hydrogen-bond donors (Lipinski definition) is 1. The van der Waals surface area contributed by atoms with Crippen LogP contribution < -0.4 is 19.1 Å². The SMILES string of the molecule is C=CCOc1ccc(C2/C(=C(\O)c3ccc(OCCC)cc3)C(=O)C(=O)N2c2nccs2)cc1OCC. The summed E-state index contributed by atoms with van der Waals surface area (Å²) in [6, 6.07) is 11.0. The van der Waals surface area contributed by atoms with Crippen molar-refractivity contribution in [1.82, 2.24) is 4.98 Å². The van der Waals surface area contributed by atoms with Crippen molar-refractivity contribution >= 4 is 33.9 Å². The van der Waals surface area contributed by atoms with E-state index in [0.29, 0.717) is 46.7 Å².